The van der Waals surface area contributed by atoms with Crippen LogP contribution in [0.1, 0.15) is 55.3 Å². The second-order valence-corrected chi connectivity index (χ2v) is 5.61. The monoisotopic (exact) mass is 265 g/mol. The fraction of sp³-hybridized carbons (Fsp3) is 0.533. The van der Waals surface area contributed by atoms with Gasteiger partial charge in [0.2, 0.25) is 0 Å². The highest BCUT2D eigenvalue weighted by atomic mass is 35.5. The van der Waals surface area contributed by atoms with Gasteiger partial charge in [-0.3, -0.25) is 4.79 Å². The lowest BCUT2D eigenvalue weighted by Crippen LogP contribution is -2.09. The van der Waals surface area contributed by atoms with Crippen molar-refractivity contribution >= 4 is 23.1 Å². The van der Waals surface area contributed by atoms with E-state index in [1.54, 1.807) is 18.2 Å². The zero-order valence-electron chi connectivity index (χ0n) is 10.6. The Morgan fingerprint density at radius 2 is 2.00 bits per heavy atom. The van der Waals surface area contributed by atoms with Gasteiger partial charge in [-0.1, -0.05) is 43.7 Å². The second kappa shape index (κ2) is 6.24. The summed E-state index contributed by atoms with van der Waals surface area (Å²) in [6, 6.07) is 5.12. The van der Waals surface area contributed by atoms with E-state index < -0.39 is 0 Å². The quantitative estimate of drug-likeness (QED) is 0.645. The SMILES string of the molecule is Nc1ccc(C(=O)CCC2CCCCC2)c(Cl)c1. The molecule has 0 atom stereocenters. The highest BCUT2D eigenvalue weighted by molar-refractivity contribution is 6.34. The number of carbonyl (C=O) groups excluding carboxylic acids is 1. The summed E-state index contributed by atoms with van der Waals surface area (Å²) in [7, 11) is 0. The molecule has 18 heavy (non-hydrogen) atoms. The molecular weight excluding hydrogens is 246 g/mol. The Labute approximate surface area is 114 Å². The molecule has 1 aliphatic carbocycles. The molecule has 0 heterocycles. The molecule has 2 N–H and O–H groups in total. The van der Waals surface area contributed by atoms with Crippen molar-refractivity contribution in [3.63, 3.8) is 0 Å². The Bertz CT molecular complexity index is 425. The third-order valence-corrected chi connectivity index (χ3v) is 4.11. The van der Waals surface area contributed by atoms with Crippen LogP contribution < -0.4 is 5.73 Å². The summed E-state index contributed by atoms with van der Waals surface area (Å²) in [6.07, 6.45) is 8.16. The fourth-order valence-corrected chi connectivity index (χ4v) is 3.00. The maximum Gasteiger partial charge on any atom is 0.164 e. The van der Waals surface area contributed by atoms with Gasteiger partial charge in [0.1, 0.15) is 0 Å². The maximum atomic E-state index is 12.1. The van der Waals surface area contributed by atoms with Crippen LogP contribution in [0.3, 0.4) is 0 Å². The average Bonchev–Trinajstić information content (AvgIpc) is 2.37. The lowest BCUT2D eigenvalue weighted by molar-refractivity contribution is 0.0970. The summed E-state index contributed by atoms with van der Waals surface area (Å²) in [5, 5.41) is 0.476. The number of nitrogens with two attached hydrogens (primary N) is 1. The van der Waals surface area contributed by atoms with Gasteiger partial charge in [0.15, 0.2) is 5.78 Å². The van der Waals surface area contributed by atoms with Gasteiger partial charge in [-0.05, 0) is 30.5 Å². The van der Waals surface area contributed by atoms with Crippen LogP contribution in [-0.2, 0) is 0 Å². The number of carbonyl (C=O) groups is 1. The molecular formula is C15H20ClNO. The molecule has 0 aliphatic heterocycles. The molecule has 98 valence electrons. The van der Waals surface area contributed by atoms with Gasteiger partial charge in [0, 0.05) is 17.7 Å². The van der Waals surface area contributed by atoms with Gasteiger partial charge < -0.3 is 5.73 Å². The number of hydrogen-bond acceptors (Lipinski definition) is 2. The molecule has 0 unspecified atom stereocenters. The third kappa shape index (κ3) is 3.49. The van der Waals surface area contributed by atoms with Crippen molar-refractivity contribution in [2.75, 3.05) is 5.73 Å². The highest BCUT2D eigenvalue weighted by Gasteiger charge is 2.16. The molecule has 0 aromatic heterocycles. The fourth-order valence-electron chi connectivity index (χ4n) is 2.70. The highest BCUT2D eigenvalue weighted by Crippen LogP contribution is 2.28. The van der Waals surface area contributed by atoms with Crippen LogP contribution >= 0.6 is 11.6 Å². The first-order chi connectivity index (χ1) is 8.66. The molecule has 0 spiro atoms. The Kier molecular flexibility index (Phi) is 4.65. The first-order valence-electron chi connectivity index (χ1n) is 6.75. The van der Waals surface area contributed by atoms with Crippen LogP contribution in [0.5, 0.6) is 0 Å². The zero-order chi connectivity index (χ0) is 13.0. The van der Waals surface area contributed by atoms with E-state index in [1.807, 2.05) is 0 Å². The first kappa shape index (κ1) is 13.4. The Morgan fingerprint density at radius 3 is 2.67 bits per heavy atom. The van der Waals surface area contributed by atoms with Crippen LogP contribution in [-0.4, -0.2) is 5.78 Å². The minimum absolute atomic E-state index is 0.144. The van der Waals surface area contributed by atoms with Crippen LogP contribution in [0.15, 0.2) is 18.2 Å². The number of benzene rings is 1. The predicted molar refractivity (Wildman–Crippen MR) is 76.0 cm³/mol. The Hall–Kier alpha value is -1.02. The molecule has 1 aromatic rings. The smallest absolute Gasteiger partial charge is 0.164 e. The molecule has 1 aromatic carbocycles. The Morgan fingerprint density at radius 1 is 1.28 bits per heavy atom. The number of Topliss-reactive ketones (excluding diaryl/α,β-unsaturated/α-hetero) is 1. The van der Waals surface area contributed by atoms with Gasteiger partial charge in [0.25, 0.3) is 0 Å². The van der Waals surface area contributed by atoms with Crippen molar-refractivity contribution in [1.29, 1.82) is 0 Å². The van der Waals surface area contributed by atoms with E-state index in [-0.39, 0.29) is 5.78 Å². The molecule has 0 amide bonds. The summed E-state index contributed by atoms with van der Waals surface area (Å²) >= 11 is 6.05. The predicted octanol–water partition coefficient (Wildman–Crippen LogP) is 4.47. The van der Waals surface area contributed by atoms with Crippen LogP contribution in [0.2, 0.25) is 5.02 Å². The van der Waals surface area contributed by atoms with E-state index in [2.05, 4.69) is 0 Å². The minimum atomic E-state index is 0.144. The average molecular weight is 266 g/mol. The summed E-state index contributed by atoms with van der Waals surface area (Å²) in [5.74, 6) is 0.876. The molecule has 1 fully saturated rings. The Balaban J connectivity index is 1.90. The summed E-state index contributed by atoms with van der Waals surface area (Å²) in [5.41, 5.74) is 6.84. The van der Waals surface area contributed by atoms with Crippen molar-refractivity contribution in [2.45, 2.75) is 44.9 Å². The maximum absolute atomic E-state index is 12.1. The normalized spacial score (nSPS) is 16.7. The number of hydrogen-bond donors (Lipinski definition) is 1. The van der Waals surface area contributed by atoms with Crippen LogP contribution in [0.4, 0.5) is 5.69 Å². The topological polar surface area (TPSA) is 43.1 Å². The largest absolute Gasteiger partial charge is 0.399 e. The van der Waals surface area contributed by atoms with Crippen molar-refractivity contribution in [2.24, 2.45) is 5.92 Å². The molecule has 1 saturated carbocycles. The van der Waals surface area contributed by atoms with E-state index in [9.17, 15) is 4.79 Å². The van der Waals surface area contributed by atoms with Crippen molar-refractivity contribution in [1.82, 2.24) is 0 Å². The third-order valence-electron chi connectivity index (χ3n) is 3.80. The van der Waals surface area contributed by atoms with Crippen LogP contribution in [0.25, 0.3) is 0 Å². The second-order valence-electron chi connectivity index (χ2n) is 5.21. The molecule has 2 rings (SSSR count). The minimum Gasteiger partial charge on any atom is -0.399 e. The van der Waals surface area contributed by atoms with E-state index in [0.29, 0.717) is 22.7 Å². The first-order valence-corrected chi connectivity index (χ1v) is 7.13. The molecule has 3 heteroatoms. The van der Waals surface area contributed by atoms with E-state index >= 15 is 0 Å². The number of ketones is 1. The van der Waals surface area contributed by atoms with Gasteiger partial charge in [-0.2, -0.15) is 0 Å². The summed E-state index contributed by atoms with van der Waals surface area (Å²) in [6.45, 7) is 0. The van der Waals surface area contributed by atoms with Gasteiger partial charge in [-0.15, -0.1) is 0 Å². The standard InChI is InChI=1S/C15H20ClNO/c16-14-10-12(17)7-8-13(14)15(18)9-6-11-4-2-1-3-5-11/h7-8,10-11H,1-6,9,17H2. The number of halogens is 1. The molecule has 0 bridgehead atoms. The van der Waals surface area contributed by atoms with E-state index in [4.69, 9.17) is 17.3 Å². The van der Waals surface area contributed by atoms with Gasteiger partial charge >= 0.3 is 0 Å². The summed E-state index contributed by atoms with van der Waals surface area (Å²) < 4.78 is 0. The van der Waals surface area contributed by atoms with Crippen molar-refractivity contribution in [3.8, 4) is 0 Å². The summed E-state index contributed by atoms with van der Waals surface area (Å²) in [4.78, 5) is 12.1. The lowest BCUT2D eigenvalue weighted by atomic mass is 9.85. The number of nitrogen functional groups attached to an aromatic ring is 1. The van der Waals surface area contributed by atoms with Crippen LogP contribution in [0, 0.1) is 5.92 Å². The molecule has 1 aliphatic rings. The zero-order valence-corrected chi connectivity index (χ0v) is 11.4. The molecule has 0 radical (unpaired) electrons. The molecule has 2 nitrogen and oxygen atoms in total. The number of anilines is 1. The van der Waals surface area contributed by atoms with Gasteiger partial charge in [-0.25, -0.2) is 0 Å². The van der Waals surface area contributed by atoms with E-state index in [0.717, 1.165) is 12.3 Å². The van der Waals surface area contributed by atoms with Gasteiger partial charge in [0.05, 0.1) is 5.02 Å². The molecule has 0 saturated heterocycles. The lowest BCUT2D eigenvalue weighted by Gasteiger charge is -2.21. The van der Waals surface area contributed by atoms with E-state index in [1.165, 1.54) is 32.1 Å². The van der Waals surface area contributed by atoms with Crippen molar-refractivity contribution in [3.05, 3.63) is 28.8 Å². The van der Waals surface area contributed by atoms with Crippen molar-refractivity contribution < 1.29 is 4.79 Å². The number of rotatable bonds is 4.